The highest BCUT2D eigenvalue weighted by Crippen LogP contribution is 2.03. The predicted molar refractivity (Wildman–Crippen MR) is 32.9 cm³/mol. The molecular formula is C7H6O2. The monoisotopic (exact) mass is 122 g/mol. The van der Waals surface area contributed by atoms with Gasteiger partial charge in [0.15, 0.2) is 5.78 Å². The quantitative estimate of drug-likeness (QED) is 0.478. The lowest BCUT2D eigenvalue weighted by Gasteiger charge is -1.95. The second kappa shape index (κ2) is 2.40. The smallest absolute Gasteiger partial charge is 0.159 e. The standard InChI is InChI=1S/C7H6O2/c8-5-6-1-3-7(9)4-2-6/h1-3,5H,4H2. The first kappa shape index (κ1) is 5.95. The lowest BCUT2D eigenvalue weighted by molar-refractivity contribution is -0.113. The van der Waals surface area contributed by atoms with Gasteiger partial charge in [-0.05, 0) is 12.2 Å². The lowest BCUT2D eigenvalue weighted by Crippen LogP contribution is -1.96. The summed E-state index contributed by atoms with van der Waals surface area (Å²) in [6, 6.07) is 0. The van der Waals surface area contributed by atoms with Gasteiger partial charge >= 0.3 is 0 Å². The Kier molecular flexibility index (Phi) is 1.58. The van der Waals surface area contributed by atoms with Gasteiger partial charge in [-0.1, -0.05) is 6.08 Å². The van der Waals surface area contributed by atoms with Crippen molar-refractivity contribution in [2.75, 3.05) is 0 Å². The molecule has 46 valence electrons. The number of hydrogen-bond donors (Lipinski definition) is 0. The van der Waals surface area contributed by atoms with E-state index in [4.69, 9.17) is 0 Å². The van der Waals surface area contributed by atoms with Gasteiger partial charge in [-0.3, -0.25) is 9.59 Å². The van der Waals surface area contributed by atoms with Gasteiger partial charge in [0.05, 0.1) is 0 Å². The molecule has 0 unspecified atom stereocenters. The molecule has 1 aliphatic rings. The summed E-state index contributed by atoms with van der Waals surface area (Å²) in [6.45, 7) is 0. The predicted octanol–water partition coefficient (Wildman–Crippen LogP) is 0.641. The maximum absolute atomic E-state index is 10.5. The number of hydrogen-bond acceptors (Lipinski definition) is 2. The second-order valence-electron chi connectivity index (χ2n) is 1.83. The molecule has 0 heterocycles. The number of allylic oxidation sites excluding steroid dienone is 4. The zero-order chi connectivity index (χ0) is 6.69. The summed E-state index contributed by atoms with van der Waals surface area (Å²) < 4.78 is 0. The van der Waals surface area contributed by atoms with Gasteiger partial charge in [-0.25, -0.2) is 0 Å². The highest BCUT2D eigenvalue weighted by molar-refractivity contribution is 5.96. The van der Waals surface area contributed by atoms with Crippen molar-refractivity contribution in [3.8, 4) is 0 Å². The van der Waals surface area contributed by atoms with Crippen LogP contribution in [0.1, 0.15) is 6.42 Å². The Morgan fingerprint density at radius 2 is 2.22 bits per heavy atom. The summed E-state index contributed by atoms with van der Waals surface area (Å²) in [7, 11) is 0. The highest BCUT2D eigenvalue weighted by atomic mass is 16.1. The van der Waals surface area contributed by atoms with E-state index in [1.54, 1.807) is 6.08 Å². The average Bonchev–Trinajstić information content (AvgIpc) is 1.90. The van der Waals surface area contributed by atoms with Crippen LogP contribution >= 0.6 is 0 Å². The summed E-state index contributed by atoms with van der Waals surface area (Å²) in [5.74, 6) is 0.0561. The molecule has 1 aliphatic carbocycles. The van der Waals surface area contributed by atoms with Crippen molar-refractivity contribution in [3.05, 3.63) is 23.8 Å². The molecule has 0 saturated carbocycles. The van der Waals surface area contributed by atoms with Crippen LogP contribution in [0, 0.1) is 0 Å². The van der Waals surface area contributed by atoms with Gasteiger partial charge in [-0.2, -0.15) is 0 Å². The molecule has 0 atom stereocenters. The third kappa shape index (κ3) is 1.35. The van der Waals surface area contributed by atoms with E-state index in [0.29, 0.717) is 12.0 Å². The van der Waals surface area contributed by atoms with Crippen molar-refractivity contribution in [1.29, 1.82) is 0 Å². The Labute approximate surface area is 52.9 Å². The third-order valence-electron chi connectivity index (χ3n) is 1.14. The van der Waals surface area contributed by atoms with Crippen LogP contribution < -0.4 is 0 Å². The molecule has 0 amide bonds. The molecule has 0 aromatic carbocycles. The summed E-state index contributed by atoms with van der Waals surface area (Å²) in [6.07, 6.45) is 5.67. The van der Waals surface area contributed by atoms with E-state index < -0.39 is 0 Å². The summed E-state index contributed by atoms with van der Waals surface area (Å²) >= 11 is 0. The normalized spacial score (nSPS) is 17.3. The van der Waals surface area contributed by atoms with Gasteiger partial charge in [0.2, 0.25) is 0 Å². The first-order valence-corrected chi connectivity index (χ1v) is 2.69. The molecule has 0 fully saturated rings. The van der Waals surface area contributed by atoms with Crippen LogP contribution in [0.25, 0.3) is 0 Å². The Morgan fingerprint density at radius 3 is 2.67 bits per heavy atom. The topological polar surface area (TPSA) is 34.1 Å². The van der Waals surface area contributed by atoms with Gasteiger partial charge < -0.3 is 0 Å². The number of ketones is 1. The van der Waals surface area contributed by atoms with E-state index in [1.165, 1.54) is 12.2 Å². The van der Waals surface area contributed by atoms with Crippen molar-refractivity contribution < 1.29 is 9.59 Å². The molecule has 0 aromatic heterocycles. The molecule has 0 radical (unpaired) electrons. The van der Waals surface area contributed by atoms with Crippen LogP contribution in [0.15, 0.2) is 23.8 Å². The number of rotatable bonds is 1. The number of aldehydes is 1. The second-order valence-corrected chi connectivity index (χ2v) is 1.83. The molecule has 0 N–H and O–H groups in total. The first-order chi connectivity index (χ1) is 4.33. The van der Waals surface area contributed by atoms with Crippen molar-refractivity contribution in [1.82, 2.24) is 0 Å². The van der Waals surface area contributed by atoms with Crippen LogP contribution in [0.2, 0.25) is 0 Å². The maximum Gasteiger partial charge on any atom is 0.159 e. The van der Waals surface area contributed by atoms with E-state index in [2.05, 4.69) is 0 Å². The molecule has 1 rings (SSSR count). The van der Waals surface area contributed by atoms with Crippen molar-refractivity contribution in [3.63, 3.8) is 0 Å². The van der Waals surface area contributed by atoms with Gasteiger partial charge in [0, 0.05) is 12.0 Å². The SMILES string of the molecule is O=CC1=CCC(=O)C=C1. The van der Waals surface area contributed by atoms with Gasteiger partial charge in [0.25, 0.3) is 0 Å². The van der Waals surface area contributed by atoms with E-state index >= 15 is 0 Å². The van der Waals surface area contributed by atoms with Crippen molar-refractivity contribution in [2.24, 2.45) is 0 Å². The minimum Gasteiger partial charge on any atom is -0.298 e. The minimum atomic E-state index is 0.0561. The molecule has 0 saturated heterocycles. The summed E-state index contributed by atoms with van der Waals surface area (Å²) in [4.78, 5) is 20.5. The third-order valence-corrected chi connectivity index (χ3v) is 1.14. The summed E-state index contributed by atoms with van der Waals surface area (Å²) in [5, 5.41) is 0. The molecule has 0 bridgehead atoms. The summed E-state index contributed by atoms with van der Waals surface area (Å²) in [5.41, 5.74) is 0.592. The first-order valence-electron chi connectivity index (χ1n) is 2.69. The fourth-order valence-electron chi connectivity index (χ4n) is 0.631. The van der Waals surface area contributed by atoms with E-state index in [-0.39, 0.29) is 5.78 Å². The minimum absolute atomic E-state index is 0.0561. The molecule has 0 aromatic rings. The Balaban J connectivity index is 2.73. The van der Waals surface area contributed by atoms with Gasteiger partial charge in [-0.15, -0.1) is 0 Å². The van der Waals surface area contributed by atoms with Crippen molar-refractivity contribution in [2.45, 2.75) is 6.42 Å². The molecule has 0 spiro atoms. The highest BCUT2D eigenvalue weighted by Gasteiger charge is 2.00. The molecule has 0 aliphatic heterocycles. The van der Waals surface area contributed by atoms with E-state index in [0.717, 1.165) is 6.29 Å². The Bertz CT molecular complexity index is 199. The fraction of sp³-hybridized carbons (Fsp3) is 0.143. The zero-order valence-corrected chi connectivity index (χ0v) is 4.83. The van der Waals surface area contributed by atoms with Crippen LogP contribution in [-0.2, 0) is 9.59 Å². The number of carbonyl (C=O) groups excluding carboxylic acids is 2. The maximum atomic E-state index is 10.5. The van der Waals surface area contributed by atoms with Crippen LogP contribution in [-0.4, -0.2) is 12.1 Å². The Morgan fingerprint density at radius 1 is 1.44 bits per heavy atom. The fourth-order valence-corrected chi connectivity index (χ4v) is 0.631. The Hall–Kier alpha value is -1.18. The van der Waals surface area contributed by atoms with Crippen LogP contribution in [0.5, 0.6) is 0 Å². The lowest BCUT2D eigenvalue weighted by atomic mass is 10.1. The largest absolute Gasteiger partial charge is 0.298 e. The molecular weight excluding hydrogens is 116 g/mol. The number of carbonyl (C=O) groups is 2. The molecule has 9 heavy (non-hydrogen) atoms. The van der Waals surface area contributed by atoms with Crippen LogP contribution in [0.3, 0.4) is 0 Å². The average molecular weight is 122 g/mol. The van der Waals surface area contributed by atoms with Crippen LogP contribution in [0.4, 0.5) is 0 Å². The van der Waals surface area contributed by atoms with E-state index in [9.17, 15) is 9.59 Å². The van der Waals surface area contributed by atoms with E-state index in [1.807, 2.05) is 0 Å². The van der Waals surface area contributed by atoms with Crippen molar-refractivity contribution >= 4 is 12.1 Å². The zero-order valence-electron chi connectivity index (χ0n) is 4.83. The van der Waals surface area contributed by atoms with Gasteiger partial charge in [0.1, 0.15) is 6.29 Å². The molecule has 2 nitrogen and oxygen atoms in total. The molecule has 2 heteroatoms.